The quantitative estimate of drug-likeness (QED) is 0.754. The monoisotopic (exact) mass is 328 g/mol. The van der Waals surface area contributed by atoms with E-state index in [1.54, 1.807) is 7.11 Å². The molecule has 1 fully saturated rings. The van der Waals surface area contributed by atoms with Crippen LogP contribution in [0.1, 0.15) is 25.7 Å². The van der Waals surface area contributed by atoms with Gasteiger partial charge in [0.15, 0.2) is 0 Å². The van der Waals surface area contributed by atoms with Gasteiger partial charge in [-0.15, -0.1) is 12.4 Å². The van der Waals surface area contributed by atoms with Crippen molar-refractivity contribution >= 4 is 24.0 Å². The fourth-order valence-corrected chi connectivity index (χ4v) is 2.56. The summed E-state index contributed by atoms with van der Waals surface area (Å²) in [5, 5.41) is 2.95. The third-order valence-electron chi connectivity index (χ3n) is 3.71. The molecule has 0 aromatic heterocycles. The molecule has 0 bridgehead atoms. The molecule has 1 aliphatic rings. The molecule has 5 nitrogen and oxygen atoms in total. The molecule has 22 heavy (non-hydrogen) atoms. The first-order valence-electron chi connectivity index (χ1n) is 7.47. The zero-order valence-corrected chi connectivity index (χ0v) is 13.7. The molecule has 1 saturated carbocycles. The molecule has 1 aromatic carbocycles. The Balaban J connectivity index is 0.00000242. The van der Waals surface area contributed by atoms with Crippen LogP contribution in [0.5, 0.6) is 5.75 Å². The van der Waals surface area contributed by atoms with Crippen LogP contribution in [0, 0.1) is 5.92 Å². The van der Waals surface area contributed by atoms with Crippen molar-refractivity contribution < 1.29 is 14.3 Å². The van der Waals surface area contributed by atoms with Crippen LogP contribution < -0.4 is 15.8 Å². The van der Waals surface area contributed by atoms with Crippen molar-refractivity contribution in [3.05, 3.63) is 24.3 Å². The Hall–Kier alpha value is -1.30. The SMILES string of the molecule is COCCCOc1cccc(NC(=O)C2CCC(N)C2)c1.Cl. The number of nitrogens with two attached hydrogens (primary N) is 1. The number of amides is 1. The van der Waals surface area contributed by atoms with E-state index in [1.807, 2.05) is 24.3 Å². The van der Waals surface area contributed by atoms with Crippen LogP contribution in [0.2, 0.25) is 0 Å². The number of hydrogen-bond donors (Lipinski definition) is 2. The number of anilines is 1. The maximum Gasteiger partial charge on any atom is 0.227 e. The van der Waals surface area contributed by atoms with Gasteiger partial charge < -0.3 is 20.5 Å². The van der Waals surface area contributed by atoms with Crippen molar-refractivity contribution in [3.63, 3.8) is 0 Å². The van der Waals surface area contributed by atoms with Gasteiger partial charge in [0.25, 0.3) is 0 Å². The highest BCUT2D eigenvalue weighted by atomic mass is 35.5. The Morgan fingerprint density at radius 1 is 1.36 bits per heavy atom. The number of benzene rings is 1. The highest BCUT2D eigenvalue weighted by molar-refractivity contribution is 5.92. The second-order valence-electron chi connectivity index (χ2n) is 5.48. The van der Waals surface area contributed by atoms with E-state index in [0.29, 0.717) is 13.2 Å². The zero-order chi connectivity index (χ0) is 15.1. The van der Waals surface area contributed by atoms with Crippen molar-refractivity contribution in [1.29, 1.82) is 0 Å². The van der Waals surface area contributed by atoms with Gasteiger partial charge in [0.05, 0.1) is 6.61 Å². The molecule has 3 N–H and O–H groups in total. The maximum atomic E-state index is 12.1. The zero-order valence-electron chi connectivity index (χ0n) is 12.9. The van der Waals surface area contributed by atoms with Gasteiger partial charge in [0, 0.05) is 43.9 Å². The summed E-state index contributed by atoms with van der Waals surface area (Å²) in [4.78, 5) is 12.1. The molecule has 1 aromatic rings. The van der Waals surface area contributed by atoms with Gasteiger partial charge >= 0.3 is 0 Å². The number of hydrogen-bond acceptors (Lipinski definition) is 4. The van der Waals surface area contributed by atoms with Crippen LogP contribution in [-0.4, -0.2) is 32.3 Å². The van der Waals surface area contributed by atoms with E-state index in [-0.39, 0.29) is 30.3 Å². The predicted molar refractivity (Wildman–Crippen MR) is 89.6 cm³/mol. The van der Waals surface area contributed by atoms with E-state index in [9.17, 15) is 4.79 Å². The summed E-state index contributed by atoms with van der Waals surface area (Å²) in [5.74, 6) is 0.845. The van der Waals surface area contributed by atoms with Crippen molar-refractivity contribution in [2.75, 3.05) is 25.6 Å². The lowest BCUT2D eigenvalue weighted by molar-refractivity contribution is -0.119. The number of carbonyl (C=O) groups excluding carboxylic acids is 1. The van der Waals surface area contributed by atoms with Crippen LogP contribution in [0.15, 0.2) is 24.3 Å². The fraction of sp³-hybridized carbons (Fsp3) is 0.562. The van der Waals surface area contributed by atoms with Crippen molar-refractivity contribution in [3.8, 4) is 5.75 Å². The van der Waals surface area contributed by atoms with Gasteiger partial charge in [0.2, 0.25) is 5.91 Å². The highest BCUT2D eigenvalue weighted by Gasteiger charge is 2.27. The lowest BCUT2D eigenvalue weighted by Gasteiger charge is -2.12. The lowest BCUT2D eigenvalue weighted by Crippen LogP contribution is -2.23. The molecule has 0 spiro atoms. The first kappa shape index (κ1) is 18.7. The molecule has 2 rings (SSSR count). The second kappa shape index (κ2) is 9.66. The smallest absolute Gasteiger partial charge is 0.227 e. The van der Waals surface area contributed by atoms with Crippen LogP contribution in [-0.2, 0) is 9.53 Å². The number of methoxy groups -OCH3 is 1. The molecule has 1 amide bonds. The Morgan fingerprint density at radius 2 is 2.18 bits per heavy atom. The molecule has 0 heterocycles. The summed E-state index contributed by atoms with van der Waals surface area (Å²) < 4.78 is 10.6. The van der Waals surface area contributed by atoms with Crippen molar-refractivity contribution in [2.45, 2.75) is 31.7 Å². The first-order chi connectivity index (χ1) is 10.2. The predicted octanol–water partition coefficient (Wildman–Crippen LogP) is 2.59. The Kier molecular flexibility index (Phi) is 8.24. The third kappa shape index (κ3) is 5.83. The van der Waals surface area contributed by atoms with Crippen molar-refractivity contribution in [2.24, 2.45) is 11.7 Å². The van der Waals surface area contributed by atoms with Crippen LogP contribution in [0.4, 0.5) is 5.69 Å². The summed E-state index contributed by atoms with van der Waals surface area (Å²) >= 11 is 0. The van der Waals surface area contributed by atoms with E-state index in [4.69, 9.17) is 15.2 Å². The Bertz CT molecular complexity index is 470. The molecule has 0 radical (unpaired) electrons. The van der Waals surface area contributed by atoms with Gasteiger partial charge in [0.1, 0.15) is 5.75 Å². The summed E-state index contributed by atoms with van der Waals surface area (Å²) in [6, 6.07) is 7.64. The van der Waals surface area contributed by atoms with Gasteiger partial charge in [-0.3, -0.25) is 4.79 Å². The lowest BCUT2D eigenvalue weighted by atomic mass is 10.1. The minimum absolute atomic E-state index is 0. The summed E-state index contributed by atoms with van der Waals surface area (Å²) in [6.07, 6.45) is 3.42. The largest absolute Gasteiger partial charge is 0.493 e. The highest BCUT2D eigenvalue weighted by Crippen LogP contribution is 2.26. The Labute approximate surface area is 138 Å². The molecule has 2 unspecified atom stereocenters. The number of ether oxygens (including phenoxy) is 2. The fourth-order valence-electron chi connectivity index (χ4n) is 2.56. The normalized spacial score (nSPS) is 20.3. The van der Waals surface area contributed by atoms with Crippen LogP contribution in [0.25, 0.3) is 0 Å². The van der Waals surface area contributed by atoms with Crippen LogP contribution in [0.3, 0.4) is 0 Å². The minimum Gasteiger partial charge on any atom is -0.493 e. The molecule has 1 aliphatic carbocycles. The van der Waals surface area contributed by atoms with E-state index in [1.165, 1.54) is 0 Å². The second-order valence-corrected chi connectivity index (χ2v) is 5.48. The summed E-state index contributed by atoms with van der Waals surface area (Å²) in [5.41, 5.74) is 6.62. The molecular weight excluding hydrogens is 304 g/mol. The van der Waals surface area contributed by atoms with E-state index in [0.717, 1.165) is 37.1 Å². The number of rotatable bonds is 7. The molecule has 0 aliphatic heterocycles. The first-order valence-corrected chi connectivity index (χ1v) is 7.47. The van der Waals surface area contributed by atoms with E-state index in [2.05, 4.69) is 5.32 Å². The van der Waals surface area contributed by atoms with Gasteiger partial charge in [-0.1, -0.05) is 6.07 Å². The van der Waals surface area contributed by atoms with E-state index < -0.39 is 0 Å². The standard InChI is InChI=1S/C16H24N2O3.ClH/c1-20-8-3-9-21-15-5-2-4-14(11-15)18-16(19)12-6-7-13(17)10-12;/h2,4-5,11-13H,3,6-10,17H2,1H3,(H,18,19);1H. The van der Waals surface area contributed by atoms with E-state index >= 15 is 0 Å². The summed E-state index contributed by atoms with van der Waals surface area (Å²) in [7, 11) is 1.67. The number of nitrogens with one attached hydrogen (secondary N) is 1. The van der Waals surface area contributed by atoms with Crippen LogP contribution >= 0.6 is 12.4 Å². The topological polar surface area (TPSA) is 73.6 Å². The van der Waals surface area contributed by atoms with Crippen molar-refractivity contribution in [1.82, 2.24) is 0 Å². The third-order valence-corrected chi connectivity index (χ3v) is 3.71. The number of carbonyl (C=O) groups is 1. The average molecular weight is 329 g/mol. The van der Waals surface area contributed by atoms with Gasteiger partial charge in [-0.05, 0) is 31.4 Å². The molecule has 6 heteroatoms. The molecule has 2 atom stereocenters. The summed E-state index contributed by atoms with van der Waals surface area (Å²) in [6.45, 7) is 1.28. The minimum atomic E-state index is 0. The Morgan fingerprint density at radius 3 is 2.86 bits per heavy atom. The van der Waals surface area contributed by atoms with Gasteiger partial charge in [-0.25, -0.2) is 0 Å². The number of halogens is 1. The average Bonchev–Trinajstić information content (AvgIpc) is 2.91. The molecule has 124 valence electrons. The molecular formula is C16H25ClN2O3. The molecule has 0 saturated heterocycles. The van der Waals surface area contributed by atoms with Gasteiger partial charge in [-0.2, -0.15) is 0 Å². The maximum absolute atomic E-state index is 12.1.